The average molecular weight is 515 g/mol. The fraction of sp³-hybridized carbons (Fsp3) is 0.0833. The first kappa shape index (κ1) is 21.9. The molecule has 0 spiro atoms. The van der Waals surface area contributed by atoms with Gasteiger partial charge in [-0.2, -0.15) is 0 Å². The van der Waals surface area contributed by atoms with Gasteiger partial charge in [-0.05, 0) is 70.0 Å². The average Bonchev–Trinajstić information content (AvgIpc) is 3.04. The number of benzene rings is 3. The minimum absolute atomic E-state index is 0.0348. The number of aliphatic hydroxyl groups excluding tert-OH is 1. The van der Waals surface area contributed by atoms with Crippen LogP contribution in [0.4, 0.5) is 5.69 Å². The van der Waals surface area contributed by atoms with E-state index in [4.69, 9.17) is 16.3 Å². The molecule has 1 amide bonds. The molecule has 1 atom stereocenters. The van der Waals surface area contributed by atoms with E-state index in [1.165, 1.54) is 24.1 Å². The lowest BCUT2D eigenvalue weighted by Gasteiger charge is -2.25. The van der Waals surface area contributed by atoms with Crippen molar-refractivity contribution in [3.05, 3.63) is 92.9 Å². The summed E-state index contributed by atoms with van der Waals surface area (Å²) in [5, 5.41) is 21.3. The van der Waals surface area contributed by atoms with Crippen molar-refractivity contribution in [1.82, 2.24) is 0 Å². The largest absolute Gasteiger partial charge is 0.508 e. The van der Waals surface area contributed by atoms with Crippen LogP contribution >= 0.6 is 27.5 Å². The standard InChI is InChI=1S/C24H17BrClNO5/c1-32-19-10-7-14(11-18(19)25)22(29)20-21(13-5-8-17(28)9-6-13)27(24(31)23(20)30)16-4-2-3-15(26)12-16/h2-12,21,28-29H,1H3/b22-20+. The zero-order chi connectivity index (χ0) is 23.0. The maximum absolute atomic E-state index is 13.1. The molecule has 1 aliphatic heterocycles. The third-order valence-electron chi connectivity index (χ3n) is 5.16. The highest BCUT2D eigenvalue weighted by Gasteiger charge is 2.47. The maximum Gasteiger partial charge on any atom is 0.300 e. The Morgan fingerprint density at radius 1 is 1.06 bits per heavy atom. The van der Waals surface area contributed by atoms with Crippen molar-refractivity contribution in [2.24, 2.45) is 0 Å². The summed E-state index contributed by atoms with van der Waals surface area (Å²) in [6.07, 6.45) is 0. The van der Waals surface area contributed by atoms with Gasteiger partial charge in [-0.3, -0.25) is 14.5 Å². The van der Waals surface area contributed by atoms with E-state index in [-0.39, 0.29) is 17.1 Å². The second-order valence-electron chi connectivity index (χ2n) is 7.09. The van der Waals surface area contributed by atoms with Crippen LogP contribution in [0.15, 0.2) is 76.8 Å². The fourth-order valence-corrected chi connectivity index (χ4v) is 4.39. The van der Waals surface area contributed by atoms with E-state index in [9.17, 15) is 19.8 Å². The minimum Gasteiger partial charge on any atom is -0.508 e. The molecule has 0 aliphatic carbocycles. The first-order valence-electron chi connectivity index (χ1n) is 9.51. The van der Waals surface area contributed by atoms with E-state index in [1.54, 1.807) is 54.6 Å². The number of carbonyl (C=O) groups excluding carboxylic acids is 2. The lowest BCUT2D eigenvalue weighted by atomic mass is 9.95. The van der Waals surface area contributed by atoms with Crippen LogP contribution in [0.5, 0.6) is 11.5 Å². The molecule has 1 unspecified atom stereocenters. The van der Waals surface area contributed by atoms with Crippen molar-refractivity contribution >= 4 is 50.7 Å². The third kappa shape index (κ3) is 3.85. The molecule has 32 heavy (non-hydrogen) atoms. The van der Waals surface area contributed by atoms with Crippen LogP contribution in [0, 0.1) is 0 Å². The van der Waals surface area contributed by atoms with Crippen molar-refractivity contribution in [2.45, 2.75) is 6.04 Å². The zero-order valence-electron chi connectivity index (χ0n) is 16.8. The second kappa shape index (κ2) is 8.68. The Bertz CT molecular complexity index is 1260. The van der Waals surface area contributed by atoms with E-state index < -0.39 is 17.7 Å². The first-order valence-corrected chi connectivity index (χ1v) is 10.7. The second-order valence-corrected chi connectivity index (χ2v) is 8.38. The van der Waals surface area contributed by atoms with Crippen LogP contribution in [-0.4, -0.2) is 29.0 Å². The number of amides is 1. The lowest BCUT2D eigenvalue weighted by Crippen LogP contribution is -2.29. The summed E-state index contributed by atoms with van der Waals surface area (Å²) in [4.78, 5) is 27.5. The van der Waals surface area contributed by atoms with E-state index in [0.717, 1.165) is 0 Å². The van der Waals surface area contributed by atoms with Crippen LogP contribution in [0.3, 0.4) is 0 Å². The van der Waals surface area contributed by atoms with Crippen molar-refractivity contribution < 1.29 is 24.5 Å². The number of aromatic hydroxyl groups is 1. The van der Waals surface area contributed by atoms with Gasteiger partial charge in [-0.1, -0.05) is 29.8 Å². The molecule has 0 bridgehead atoms. The molecule has 1 aliphatic rings. The van der Waals surface area contributed by atoms with E-state index in [2.05, 4.69) is 15.9 Å². The highest BCUT2D eigenvalue weighted by atomic mass is 79.9. The number of carbonyl (C=O) groups is 2. The number of nitrogens with zero attached hydrogens (tertiary/aromatic N) is 1. The van der Waals surface area contributed by atoms with Gasteiger partial charge in [0.2, 0.25) is 0 Å². The maximum atomic E-state index is 13.1. The van der Waals surface area contributed by atoms with E-state index >= 15 is 0 Å². The van der Waals surface area contributed by atoms with Crippen LogP contribution in [-0.2, 0) is 9.59 Å². The molecule has 0 radical (unpaired) electrons. The summed E-state index contributed by atoms with van der Waals surface area (Å²) in [5.41, 5.74) is 1.21. The highest BCUT2D eigenvalue weighted by Crippen LogP contribution is 2.43. The number of phenolic OH excluding ortho intramolecular Hbond substituents is 1. The number of methoxy groups -OCH3 is 1. The van der Waals surface area contributed by atoms with E-state index in [0.29, 0.717) is 32.1 Å². The molecule has 6 nitrogen and oxygen atoms in total. The number of hydrogen-bond acceptors (Lipinski definition) is 5. The lowest BCUT2D eigenvalue weighted by molar-refractivity contribution is -0.132. The summed E-state index contributed by atoms with van der Waals surface area (Å²) >= 11 is 9.50. The normalized spacial score (nSPS) is 17.6. The van der Waals surface area contributed by atoms with Gasteiger partial charge in [0.05, 0.1) is 23.2 Å². The highest BCUT2D eigenvalue weighted by molar-refractivity contribution is 9.10. The number of halogens is 2. The molecule has 3 aromatic rings. The van der Waals surface area contributed by atoms with Crippen LogP contribution in [0.1, 0.15) is 17.2 Å². The number of ketones is 1. The van der Waals surface area contributed by atoms with Gasteiger partial charge in [0.1, 0.15) is 17.3 Å². The van der Waals surface area contributed by atoms with E-state index in [1.807, 2.05) is 0 Å². The molecular formula is C24H17BrClNO5. The molecule has 3 aromatic carbocycles. The molecular weight excluding hydrogens is 498 g/mol. The van der Waals surface area contributed by atoms with Crippen molar-refractivity contribution in [2.75, 3.05) is 12.0 Å². The quantitative estimate of drug-likeness (QED) is 0.275. The van der Waals surface area contributed by atoms with Crippen LogP contribution in [0.25, 0.3) is 5.76 Å². The van der Waals surface area contributed by atoms with Gasteiger partial charge in [0.25, 0.3) is 11.7 Å². The SMILES string of the molecule is COc1ccc(/C(O)=C2\C(=O)C(=O)N(c3cccc(Cl)c3)C2c2ccc(O)cc2)cc1Br. The van der Waals surface area contributed by atoms with Crippen molar-refractivity contribution in [3.8, 4) is 11.5 Å². The van der Waals surface area contributed by atoms with Crippen LogP contribution < -0.4 is 9.64 Å². The number of anilines is 1. The van der Waals surface area contributed by atoms with Gasteiger partial charge < -0.3 is 14.9 Å². The number of Topliss-reactive ketones (excluding diaryl/α,β-unsaturated/α-hetero) is 1. The molecule has 1 heterocycles. The molecule has 1 fully saturated rings. The smallest absolute Gasteiger partial charge is 0.300 e. The van der Waals surface area contributed by atoms with Gasteiger partial charge >= 0.3 is 0 Å². The summed E-state index contributed by atoms with van der Waals surface area (Å²) in [6, 6.07) is 16.6. The van der Waals surface area contributed by atoms with Gasteiger partial charge in [0.15, 0.2) is 0 Å². The predicted octanol–water partition coefficient (Wildman–Crippen LogP) is 5.44. The fourth-order valence-electron chi connectivity index (χ4n) is 3.67. The summed E-state index contributed by atoms with van der Waals surface area (Å²) in [6.45, 7) is 0. The van der Waals surface area contributed by atoms with Gasteiger partial charge in [-0.25, -0.2) is 0 Å². The third-order valence-corrected chi connectivity index (χ3v) is 6.02. The molecule has 2 N–H and O–H groups in total. The summed E-state index contributed by atoms with van der Waals surface area (Å²) in [7, 11) is 1.51. The first-order chi connectivity index (χ1) is 15.3. The Labute approximate surface area is 197 Å². The molecule has 8 heteroatoms. The zero-order valence-corrected chi connectivity index (χ0v) is 19.1. The molecule has 0 aromatic heterocycles. The molecule has 1 saturated heterocycles. The summed E-state index contributed by atoms with van der Waals surface area (Å²) in [5.74, 6) is -1.36. The topological polar surface area (TPSA) is 87.1 Å². The van der Waals surface area contributed by atoms with Gasteiger partial charge in [-0.15, -0.1) is 0 Å². The number of hydrogen-bond donors (Lipinski definition) is 2. The number of aliphatic hydroxyl groups is 1. The van der Waals surface area contributed by atoms with Crippen molar-refractivity contribution in [1.29, 1.82) is 0 Å². The number of phenols is 1. The predicted molar refractivity (Wildman–Crippen MR) is 125 cm³/mol. The number of rotatable bonds is 4. The van der Waals surface area contributed by atoms with Crippen LogP contribution in [0.2, 0.25) is 5.02 Å². The molecule has 0 saturated carbocycles. The Hall–Kier alpha value is -3.29. The summed E-state index contributed by atoms with van der Waals surface area (Å²) < 4.78 is 5.80. The Kier molecular flexibility index (Phi) is 5.95. The molecule has 4 rings (SSSR count). The Balaban J connectivity index is 1.94. The molecule has 162 valence electrons. The number of ether oxygens (including phenoxy) is 1. The monoisotopic (exact) mass is 513 g/mol. The minimum atomic E-state index is -0.921. The Morgan fingerprint density at radius 2 is 1.78 bits per heavy atom. The Morgan fingerprint density at radius 3 is 2.41 bits per heavy atom. The van der Waals surface area contributed by atoms with Gasteiger partial charge in [0, 0.05) is 16.3 Å². The van der Waals surface area contributed by atoms with Crippen molar-refractivity contribution in [3.63, 3.8) is 0 Å².